The minimum Gasteiger partial charge on any atom is -0.462 e. The Bertz CT molecular complexity index is 1190. The van der Waals surface area contributed by atoms with Crippen LogP contribution in [0, 0.1) is 0 Å². The molecule has 1 unspecified atom stereocenters. The number of rotatable bonds is 69. The monoisotopic (exact) mass is 1120 g/mol. The second-order valence-electron chi connectivity index (χ2n) is 25.2. The summed E-state index contributed by atoms with van der Waals surface area (Å²) in [5.41, 5.74) is 0. The van der Waals surface area contributed by atoms with Crippen molar-refractivity contribution in [2.24, 2.45) is 0 Å². The van der Waals surface area contributed by atoms with Crippen molar-refractivity contribution < 1.29 is 28.6 Å². The summed E-state index contributed by atoms with van der Waals surface area (Å²) in [5, 5.41) is 0. The van der Waals surface area contributed by atoms with Gasteiger partial charge in [0.25, 0.3) is 0 Å². The van der Waals surface area contributed by atoms with E-state index in [0.717, 1.165) is 57.8 Å². The highest BCUT2D eigenvalue weighted by Gasteiger charge is 2.20. The van der Waals surface area contributed by atoms with Crippen LogP contribution in [0.25, 0.3) is 0 Å². The highest BCUT2D eigenvalue weighted by Crippen LogP contribution is 2.20. The van der Waals surface area contributed by atoms with Crippen LogP contribution in [0.2, 0.25) is 0 Å². The molecule has 0 aromatic carbocycles. The third kappa shape index (κ3) is 67.1. The molecule has 0 N–H and O–H groups in total. The van der Waals surface area contributed by atoms with Gasteiger partial charge in [-0.3, -0.25) is 14.4 Å². The quantitative estimate of drug-likeness (QED) is 0.0343. The molecule has 0 aromatic heterocycles. The number of carbonyl (C=O) groups is 3. The van der Waals surface area contributed by atoms with Crippen LogP contribution in [0.5, 0.6) is 0 Å². The summed E-state index contributed by atoms with van der Waals surface area (Å²) in [6.45, 7) is 6.73. The van der Waals surface area contributed by atoms with Gasteiger partial charge in [0.05, 0.1) is 0 Å². The molecule has 1 atom stereocenters. The highest BCUT2D eigenvalue weighted by atomic mass is 16.6. The predicted octanol–water partition coefficient (Wildman–Crippen LogP) is 25.0. The van der Waals surface area contributed by atoms with Crippen LogP contribution in [-0.4, -0.2) is 37.2 Å². The fourth-order valence-corrected chi connectivity index (χ4v) is 11.6. The van der Waals surface area contributed by atoms with Gasteiger partial charge < -0.3 is 14.2 Å². The number of unbranched alkanes of at least 4 members (excludes halogenated alkanes) is 58. The summed E-state index contributed by atoms with van der Waals surface area (Å²) in [7, 11) is 0. The van der Waals surface area contributed by atoms with Crippen LogP contribution in [0.15, 0.2) is 0 Å². The molecule has 0 aliphatic carbocycles. The van der Waals surface area contributed by atoms with Crippen molar-refractivity contribution in [1.29, 1.82) is 0 Å². The lowest BCUT2D eigenvalue weighted by Gasteiger charge is -2.18. The summed E-state index contributed by atoms with van der Waals surface area (Å²) < 4.78 is 17.0. The lowest BCUT2D eigenvalue weighted by atomic mass is 10.0. The molecule has 0 aliphatic rings. The van der Waals surface area contributed by atoms with Crippen LogP contribution in [0.1, 0.15) is 432 Å². The van der Waals surface area contributed by atoms with Crippen LogP contribution in [-0.2, 0) is 28.6 Å². The van der Waals surface area contributed by atoms with Crippen molar-refractivity contribution in [1.82, 2.24) is 0 Å². The fraction of sp³-hybridized carbons (Fsp3) is 0.959. The van der Waals surface area contributed by atoms with Crippen LogP contribution in [0.3, 0.4) is 0 Å². The SMILES string of the molecule is CCCCCCCCCCCCCCCCCCCCCCCCCCCCCCCCCCCCC(=O)OCC(COC(=O)CCCCCCCCCCCCCCC)OC(=O)CCCCCCCCCCCCCCCC. The Morgan fingerprint density at radius 2 is 0.342 bits per heavy atom. The van der Waals surface area contributed by atoms with E-state index in [2.05, 4.69) is 20.8 Å². The summed E-state index contributed by atoms with van der Waals surface area (Å²) in [6, 6.07) is 0. The van der Waals surface area contributed by atoms with Crippen molar-refractivity contribution in [3.63, 3.8) is 0 Å². The summed E-state index contributed by atoms with van der Waals surface area (Å²) in [6.07, 6.45) is 81.6. The van der Waals surface area contributed by atoms with Crippen molar-refractivity contribution in [3.8, 4) is 0 Å². The maximum atomic E-state index is 12.9. The molecule has 0 radical (unpaired) electrons. The minimum absolute atomic E-state index is 0.0605. The van der Waals surface area contributed by atoms with Crippen LogP contribution < -0.4 is 0 Å². The molecule has 0 bridgehead atoms. The molecule has 0 amide bonds. The van der Waals surface area contributed by atoms with Crippen LogP contribution >= 0.6 is 0 Å². The van der Waals surface area contributed by atoms with Gasteiger partial charge in [-0.1, -0.05) is 393 Å². The van der Waals surface area contributed by atoms with Gasteiger partial charge in [0.15, 0.2) is 6.10 Å². The van der Waals surface area contributed by atoms with E-state index < -0.39 is 6.10 Å². The lowest BCUT2D eigenvalue weighted by Crippen LogP contribution is -2.30. The van der Waals surface area contributed by atoms with Gasteiger partial charge in [0, 0.05) is 19.3 Å². The second kappa shape index (κ2) is 68.9. The maximum Gasteiger partial charge on any atom is 0.306 e. The van der Waals surface area contributed by atoms with E-state index in [1.54, 1.807) is 0 Å². The standard InChI is InChI=1S/C73H142O6/c1-4-7-10-13-16-19-22-25-27-28-29-30-31-32-33-34-35-36-37-38-39-40-41-42-43-44-45-46-49-51-54-57-60-63-66-72(75)78-69-70(68-77-71(74)65-62-59-56-53-50-47-24-21-18-15-12-9-6-3)79-73(76)67-64-61-58-55-52-48-26-23-20-17-14-11-8-5-2/h70H,4-69H2,1-3H3. The lowest BCUT2D eigenvalue weighted by molar-refractivity contribution is -0.167. The number of carbonyl (C=O) groups excluding carboxylic acids is 3. The van der Waals surface area contributed by atoms with Crippen molar-refractivity contribution in [2.45, 2.75) is 438 Å². The van der Waals surface area contributed by atoms with Gasteiger partial charge in [0.2, 0.25) is 0 Å². The van der Waals surface area contributed by atoms with Gasteiger partial charge in [-0.2, -0.15) is 0 Å². The number of hydrogen-bond acceptors (Lipinski definition) is 6. The Morgan fingerprint density at radius 3 is 0.506 bits per heavy atom. The van der Waals surface area contributed by atoms with E-state index in [0.29, 0.717) is 19.3 Å². The average Bonchev–Trinajstić information content (AvgIpc) is 3.45. The van der Waals surface area contributed by atoms with E-state index in [9.17, 15) is 14.4 Å². The molecular formula is C73H142O6. The van der Waals surface area contributed by atoms with E-state index in [-0.39, 0.29) is 31.1 Å². The highest BCUT2D eigenvalue weighted by molar-refractivity contribution is 5.71. The van der Waals surface area contributed by atoms with Gasteiger partial charge in [0.1, 0.15) is 13.2 Å². The predicted molar refractivity (Wildman–Crippen MR) is 344 cm³/mol. The van der Waals surface area contributed by atoms with Gasteiger partial charge >= 0.3 is 17.9 Å². The normalized spacial score (nSPS) is 11.9. The molecule has 0 aromatic rings. The van der Waals surface area contributed by atoms with Crippen LogP contribution in [0.4, 0.5) is 0 Å². The molecule has 0 heterocycles. The third-order valence-corrected chi connectivity index (χ3v) is 17.1. The fourth-order valence-electron chi connectivity index (χ4n) is 11.6. The summed E-state index contributed by atoms with van der Waals surface area (Å²) in [4.78, 5) is 38.3. The molecule has 79 heavy (non-hydrogen) atoms. The summed E-state index contributed by atoms with van der Waals surface area (Å²) in [5.74, 6) is -0.824. The van der Waals surface area contributed by atoms with Gasteiger partial charge in [-0.05, 0) is 19.3 Å². The zero-order chi connectivity index (χ0) is 57.1. The zero-order valence-electron chi connectivity index (χ0n) is 54.2. The third-order valence-electron chi connectivity index (χ3n) is 17.1. The van der Waals surface area contributed by atoms with E-state index in [1.165, 1.54) is 334 Å². The Kier molecular flexibility index (Phi) is 67.5. The first kappa shape index (κ1) is 77.4. The summed E-state index contributed by atoms with van der Waals surface area (Å²) >= 11 is 0. The first-order valence-electron chi connectivity index (χ1n) is 36.5. The zero-order valence-corrected chi connectivity index (χ0v) is 54.2. The molecule has 470 valence electrons. The van der Waals surface area contributed by atoms with E-state index >= 15 is 0 Å². The number of ether oxygens (including phenoxy) is 3. The van der Waals surface area contributed by atoms with Crippen molar-refractivity contribution in [3.05, 3.63) is 0 Å². The molecule has 0 aliphatic heterocycles. The molecule has 0 spiro atoms. The van der Waals surface area contributed by atoms with Gasteiger partial charge in [-0.25, -0.2) is 0 Å². The Balaban J connectivity index is 4.00. The topological polar surface area (TPSA) is 78.9 Å². The molecule has 0 fully saturated rings. The Hall–Kier alpha value is -1.59. The first-order valence-corrected chi connectivity index (χ1v) is 36.5. The second-order valence-corrected chi connectivity index (χ2v) is 25.2. The Labute approximate surface area is 495 Å². The average molecular weight is 1120 g/mol. The van der Waals surface area contributed by atoms with Crippen molar-refractivity contribution in [2.75, 3.05) is 13.2 Å². The molecule has 0 saturated heterocycles. The molecular weight excluding hydrogens is 973 g/mol. The smallest absolute Gasteiger partial charge is 0.306 e. The molecule has 6 nitrogen and oxygen atoms in total. The number of hydrogen-bond donors (Lipinski definition) is 0. The molecule has 0 saturated carbocycles. The van der Waals surface area contributed by atoms with E-state index in [1.807, 2.05) is 0 Å². The first-order chi connectivity index (χ1) is 39.0. The largest absolute Gasteiger partial charge is 0.462 e. The van der Waals surface area contributed by atoms with Crippen molar-refractivity contribution >= 4 is 17.9 Å². The maximum absolute atomic E-state index is 12.9. The molecule has 6 heteroatoms. The van der Waals surface area contributed by atoms with E-state index in [4.69, 9.17) is 14.2 Å². The Morgan fingerprint density at radius 1 is 0.203 bits per heavy atom. The van der Waals surface area contributed by atoms with Gasteiger partial charge in [-0.15, -0.1) is 0 Å². The number of esters is 3. The molecule has 0 rings (SSSR count). The minimum atomic E-state index is -0.762.